The van der Waals surface area contributed by atoms with E-state index in [0.29, 0.717) is 29.7 Å². The van der Waals surface area contributed by atoms with Gasteiger partial charge in [-0.2, -0.15) is 0 Å². The second-order valence-corrected chi connectivity index (χ2v) is 10.0. The number of aryl methyl sites for hydroxylation is 1. The van der Waals surface area contributed by atoms with Gasteiger partial charge in [0, 0.05) is 38.6 Å². The summed E-state index contributed by atoms with van der Waals surface area (Å²) >= 11 is 0. The Hall–Kier alpha value is -3.88. The molecule has 1 aromatic heterocycles. The van der Waals surface area contributed by atoms with Crippen LogP contribution in [0, 0.1) is 12.8 Å². The highest BCUT2D eigenvalue weighted by molar-refractivity contribution is 5.92. The van der Waals surface area contributed by atoms with Crippen molar-refractivity contribution in [1.82, 2.24) is 20.2 Å². The molecule has 0 radical (unpaired) electrons. The van der Waals surface area contributed by atoms with E-state index < -0.39 is 6.09 Å². The molecular weight excluding hydrogens is 470 g/mol. The number of para-hydroxylation sites is 1. The number of nitrogens with one attached hydrogen (secondary N) is 1. The highest BCUT2D eigenvalue weighted by Crippen LogP contribution is 2.33. The fraction of sp³-hybridized carbons (Fsp3) is 0.429. The second-order valence-electron chi connectivity index (χ2n) is 10.0. The average molecular weight is 506 g/mol. The molecule has 9 heteroatoms. The molecule has 3 aromatic rings. The zero-order chi connectivity index (χ0) is 26.5. The van der Waals surface area contributed by atoms with Crippen molar-refractivity contribution in [2.24, 2.45) is 5.92 Å². The SMILES string of the molecule is Cc1ccc2c(N3CCC(NC(=O)OCC(C)C)CC3)nc(-c3ccccc3OC(=O)N(C)C)nc2c1. The predicted molar refractivity (Wildman–Crippen MR) is 144 cm³/mol. The Morgan fingerprint density at radius 1 is 1.11 bits per heavy atom. The molecule has 196 valence electrons. The smallest absolute Gasteiger partial charge is 0.414 e. The third-order valence-corrected chi connectivity index (χ3v) is 6.19. The van der Waals surface area contributed by atoms with Crippen molar-refractivity contribution in [2.45, 2.75) is 39.7 Å². The molecule has 0 atom stereocenters. The average Bonchev–Trinajstić information content (AvgIpc) is 2.87. The minimum atomic E-state index is -0.467. The number of rotatable bonds is 6. The van der Waals surface area contributed by atoms with E-state index in [1.807, 2.05) is 45.0 Å². The van der Waals surface area contributed by atoms with Gasteiger partial charge in [0.2, 0.25) is 0 Å². The molecule has 1 aliphatic rings. The lowest BCUT2D eigenvalue weighted by atomic mass is 10.0. The topological polar surface area (TPSA) is 96.9 Å². The lowest BCUT2D eigenvalue weighted by Gasteiger charge is -2.33. The Morgan fingerprint density at radius 2 is 1.84 bits per heavy atom. The molecule has 1 N–H and O–H groups in total. The molecule has 2 amide bonds. The molecular formula is C28H35N5O4. The van der Waals surface area contributed by atoms with Crippen LogP contribution in [-0.2, 0) is 4.74 Å². The molecule has 1 saturated heterocycles. The number of anilines is 1. The number of ether oxygens (including phenoxy) is 2. The monoisotopic (exact) mass is 505 g/mol. The van der Waals surface area contributed by atoms with Gasteiger partial charge in [-0.15, -0.1) is 0 Å². The predicted octanol–water partition coefficient (Wildman–Crippen LogP) is 5.02. The van der Waals surface area contributed by atoms with Crippen molar-refractivity contribution in [2.75, 3.05) is 38.7 Å². The van der Waals surface area contributed by atoms with Crippen molar-refractivity contribution in [3.05, 3.63) is 48.0 Å². The van der Waals surface area contributed by atoms with Gasteiger partial charge in [0.05, 0.1) is 17.7 Å². The number of nitrogens with zero attached hydrogens (tertiary/aromatic N) is 4. The van der Waals surface area contributed by atoms with Crippen LogP contribution >= 0.6 is 0 Å². The van der Waals surface area contributed by atoms with Gasteiger partial charge in [0.1, 0.15) is 11.6 Å². The van der Waals surface area contributed by atoms with Crippen LogP contribution in [-0.4, -0.2) is 66.9 Å². The zero-order valence-electron chi connectivity index (χ0n) is 22.2. The summed E-state index contributed by atoms with van der Waals surface area (Å²) in [5, 5.41) is 3.95. The maximum Gasteiger partial charge on any atom is 0.414 e. The third kappa shape index (κ3) is 6.47. The maximum absolute atomic E-state index is 12.3. The van der Waals surface area contributed by atoms with Crippen molar-refractivity contribution >= 4 is 28.9 Å². The van der Waals surface area contributed by atoms with E-state index >= 15 is 0 Å². The van der Waals surface area contributed by atoms with Crippen molar-refractivity contribution in [3.63, 3.8) is 0 Å². The van der Waals surface area contributed by atoms with Crippen LogP contribution < -0.4 is 15.0 Å². The van der Waals surface area contributed by atoms with E-state index in [1.165, 1.54) is 4.90 Å². The van der Waals surface area contributed by atoms with Crippen molar-refractivity contribution < 1.29 is 19.1 Å². The first-order valence-corrected chi connectivity index (χ1v) is 12.7. The zero-order valence-corrected chi connectivity index (χ0v) is 22.2. The quantitative estimate of drug-likeness (QED) is 0.503. The van der Waals surface area contributed by atoms with Crippen LogP contribution in [0.4, 0.5) is 15.4 Å². The fourth-order valence-electron chi connectivity index (χ4n) is 4.20. The number of carbonyl (C=O) groups excluding carboxylic acids is 2. The summed E-state index contributed by atoms with van der Waals surface area (Å²) in [6.07, 6.45) is 0.730. The number of amides is 2. The van der Waals surface area contributed by atoms with Gasteiger partial charge in [-0.3, -0.25) is 0 Å². The van der Waals surface area contributed by atoms with Crippen LogP contribution in [0.2, 0.25) is 0 Å². The number of hydrogen-bond acceptors (Lipinski definition) is 7. The number of aromatic nitrogens is 2. The molecule has 9 nitrogen and oxygen atoms in total. The van der Waals surface area contributed by atoms with Gasteiger partial charge in [-0.1, -0.05) is 32.0 Å². The van der Waals surface area contributed by atoms with E-state index in [1.54, 1.807) is 20.2 Å². The van der Waals surface area contributed by atoms with Crippen LogP contribution in [0.5, 0.6) is 5.75 Å². The molecule has 0 spiro atoms. The first-order chi connectivity index (χ1) is 17.7. The standard InChI is InChI=1S/C28H35N5O4/c1-18(2)17-36-27(34)29-20-12-14-33(15-13-20)26-21-11-10-19(3)16-23(21)30-25(31-26)22-8-6-7-9-24(22)37-28(35)32(4)5/h6-11,16,18,20H,12-15,17H2,1-5H3,(H,29,34). The van der Waals surface area contributed by atoms with Gasteiger partial charge < -0.3 is 24.6 Å². The van der Waals surface area contributed by atoms with Gasteiger partial charge in [0.15, 0.2) is 5.82 Å². The molecule has 2 aromatic carbocycles. The number of benzene rings is 2. The molecule has 0 unspecified atom stereocenters. The highest BCUT2D eigenvalue weighted by Gasteiger charge is 2.25. The molecule has 1 aliphatic heterocycles. The van der Waals surface area contributed by atoms with E-state index in [4.69, 9.17) is 19.4 Å². The summed E-state index contributed by atoms with van der Waals surface area (Å²) in [5.74, 6) is 2.03. The number of piperidine rings is 1. The minimum Gasteiger partial charge on any atom is -0.449 e. The molecule has 0 saturated carbocycles. The molecule has 4 rings (SSSR count). The summed E-state index contributed by atoms with van der Waals surface area (Å²) in [6.45, 7) is 7.92. The molecule has 1 fully saturated rings. The largest absolute Gasteiger partial charge is 0.449 e. The molecule has 0 bridgehead atoms. The number of alkyl carbamates (subject to hydrolysis) is 1. The van der Waals surface area contributed by atoms with E-state index in [9.17, 15) is 9.59 Å². The molecule has 0 aliphatic carbocycles. The van der Waals surface area contributed by atoms with Crippen LogP contribution in [0.15, 0.2) is 42.5 Å². The summed E-state index contributed by atoms with van der Waals surface area (Å²) < 4.78 is 10.9. The minimum absolute atomic E-state index is 0.0527. The molecule has 2 heterocycles. The van der Waals surface area contributed by atoms with E-state index in [0.717, 1.165) is 48.2 Å². The Morgan fingerprint density at radius 3 is 2.54 bits per heavy atom. The van der Waals surface area contributed by atoms with Crippen LogP contribution in [0.3, 0.4) is 0 Å². The fourth-order valence-corrected chi connectivity index (χ4v) is 4.20. The summed E-state index contributed by atoms with van der Waals surface area (Å²) in [6, 6.07) is 13.5. The lowest BCUT2D eigenvalue weighted by Crippen LogP contribution is -2.45. The third-order valence-electron chi connectivity index (χ3n) is 6.19. The molecule has 37 heavy (non-hydrogen) atoms. The van der Waals surface area contributed by atoms with Gasteiger partial charge in [-0.25, -0.2) is 19.6 Å². The van der Waals surface area contributed by atoms with E-state index in [-0.39, 0.29) is 12.1 Å². The Kier molecular flexibility index (Phi) is 8.11. The Labute approximate surface area is 217 Å². The summed E-state index contributed by atoms with van der Waals surface area (Å²) in [5.41, 5.74) is 2.57. The Bertz CT molecular complexity index is 1270. The van der Waals surface area contributed by atoms with Crippen molar-refractivity contribution in [1.29, 1.82) is 0 Å². The van der Waals surface area contributed by atoms with Crippen molar-refractivity contribution in [3.8, 4) is 17.1 Å². The number of fused-ring (bicyclic) bond motifs is 1. The first kappa shape index (κ1) is 26.2. The second kappa shape index (κ2) is 11.5. The summed E-state index contributed by atoms with van der Waals surface area (Å²) in [7, 11) is 3.28. The van der Waals surface area contributed by atoms with Crippen LogP contribution in [0.1, 0.15) is 32.3 Å². The number of carbonyl (C=O) groups is 2. The van der Waals surface area contributed by atoms with Crippen LogP contribution in [0.25, 0.3) is 22.3 Å². The number of hydrogen-bond donors (Lipinski definition) is 1. The Balaban J connectivity index is 1.61. The maximum atomic E-state index is 12.3. The highest BCUT2D eigenvalue weighted by atomic mass is 16.6. The first-order valence-electron chi connectivity index (χ1n) is 12.7. The summed E-state index contributed by atoms with van der Waals surface area (Å²) in [4.78, 5) is 37.8. The van der Waals surface area contributed by atoms with Gasteiger partial charge >= 0.3 is 12.2 Å². The van der Waals surface area contributed by atoms with Gasteiger partial charge in [-0.05, 0) is 55.5 Å². The lowest BCUT2D eigenvalue weighted by molar-refractivity contribution is 0.128. The van der Waals surface area contributed by atoms with E-state index in [2.05, 4.69) is 22.3 Å². The van der Waals surface area contributed by atoms with Gasteiger partial charge in [0.25, 0.3) is 0 Å². The normalized spacial score (nSPS) is 14.1.